The minimum Gasteiger partial charge on any atom is -0.376 e. The van der Waals surface area contributed by atoms with Gasteiger partial charge >= 0.3 is 0 Å². The molecule has 1 atom stereocenters. The van der Waals surface area contributed by atoms with Crippen LogP contribution in [0.1, 0.15) is 43.7 Å². The molecule has 1 unspecified atom stereocenters. The summed E-state index contributed by atoms with van der Waals surface area (Å²) in [6.07, 6.45) is 4.00. The van der Waals surface area contributed by atoms with Crippen LogP contribution in [0.2, 0.25) is 0 Å². The minimum absolute atomic E-state index is 0.00703. The normalized spacial score (nSPS) is 24.0. The molecule has 1 aliphatic heterocycles. The smallest absolute Gasteiger partial charge is 0.240 e. The summed E-state index contributed by atoms with van der Waals surface area (Å²) in [6.45, 7) is 6.33. The van der Waals surface area contributed by atoms with E-state index in [1.54, 1.807) is 0 Å². The van der Waals surface area contributed by atoms with Crippen LogP contribution in [-0.2, 0) is 22.6 Å². The average Bonchev–Trinajstić information content (AvgIpc) is 3.01. The number of ether oxygens (including phenoxy) is 1. The largest absolute Gasteiger partial charge is 0.376 e. The molecule has 1 aliphatic carbocycles. The summed E-state index contributed by atoms with van der Waals surface area (Å²) in [4.78, 5) is 14.7. The molecule has 2 fully saturated rings. The molecule has 0 radical (unpaired) electrons. The van der Waals surface area contributed by atoms with Crippen molar-refractivity contribution in [2.45, 2.75) is 57.3 Å². The van der Waals surface area contributed by atoms with Gasteiger partial charge in [0.2, 0.25) is 5.91 Å². The topological polar surface area (TPSA) is 67.6 Å². The number of hydrogen-bond donors (Lipinski definition) is 2. The van der Waals surface area contributed by atoms with Crippen LogP contribution in [0.4, 0.5) is 0 Å². The van der Waals surface area contributed by atoms with Crippen LogP contribution in [0.25, 0.3) is 0 Å². The van der Waals surface area contributed by atoms with Crippen LogP contribution < -0.4 is 11.1 Å². The van der Waals surface area contributed by atoms with Gasteiger partial charge in [0.1, 0.15) is 0 Å². The molecular formula is C19H29N3O2. The maximum atomic E-state index is 12.3. The van der Waals surface area contributed by atoms with Crippen LogP contribution in [-0.4, -0.2) is 42.1 Å². The minimum atomic E-state index is -0.651. The van der Waals surface area contributed by atoms with E-state index in [4.69, 9.17) is 10.5 Å². The molecule has 1 saturated heterocycles. The van der Waals surface area contributed by atoms with E-state index in [9.17, 15) is 4.79 Å². The molecular weight excluding hydrogens is 302 g/mol. The molecule has 5 nitrogen and oxygen atoms in total. The van der Waals surface area contributed by atoms with Crippen molar-refractivity contribution in [2.24, 2.45) is 5.73 Å². The molecule has 3 N–H and O–H groups in total. The van der Waals surface area contributed by atoms with Gasteiger partial charge in [-0.2, -0.15) is 0 Å². The molecule has 1 aromatic rings. The number of carbonyl (C=O) groups excluding carboxylic acids is 1. The van der Waals surface area contributed by atoms with Gasteiger partial charge in [0.05, 0.1) is 18.2 Å². The van der Waals surface area contributed by atoms with E-state index in [0.717, 1.165) is 57.5 Å². The highest BCUT2D eigenvalue weighted by atomic mass is 16.5. The molecule has 132 valence electrons. The van der Waals surface area contributed by atoms with Gasteiger partial charge in [-0.15, -0.1) is 0 Å². The van der Waals surface area contributed by atoms with Crippen LogP contribution in [0.15, 0.2) is 24.3 Å². The van der Waals surface area contributed by atoms with Crippen LogP contribution in [0.3, 0.4) is 0 Å². The Hall–Kier alpha value is -1.43. The Morgan fingerprint density at radius 1 is 1.38 bits per heavy atom. The van der Waals surface area contributed by atoms with Crippen molar-refractivity contribution < 1.29 is 9.53 Å². The number of carbonyl (C=O) groups is 1. The Bertz CT molecular complexity index is 569. The number of nitrogens with two attached hydrogens (primary N) is 1. The fourth-order valence-electron chi connectivity index (χ4n) is 3.72. The Balaban J connectivity index is 1.54. The number of benzene rings is 1. The van der Waals surface area contributed by atoms with Crippen LogP contribution in [0, 0.1) is 0 Å². The lowest BCUT2D eigenvalue weighted by Gasteiger charge is -2.31. The second-order valence-corrected chi connectivity index (χ2v) is 7.28. The monoisotopic (exact) mass is 331 g/mol. The average molecular weight is 331 g/mol. The van der Waals surface area contributed by atoms with E-state index in [1.165, 1.54) is 5.56 Å². The van der Waals surface area contributed by atoms with Crippen molar-refractivity contribution in [2.75, 3.05) is 19.7 Å². The van der Waals surface area contributed by atoms with E-state index in [1.807, 2.05) is 0 Å². The molecule has 0 aromatic heterocycles. The number of nitrogens with one attached hydrogen (secondary N) is 1. The van der Waals surface area contributed by atoms with E-state index < -0.39 is 5.54 Å². The van der Waals surface area contributed by atoms with Gasteiger partial charge in [0, 0.05) is 26.2 Å². The number of nitrogens with zero attached hydrogens (tertiary/aromatic N) is 1. The molecule has 1 amide bonds. The fraction of sp³-hybridized carbons (Fsp3) is 0.632. The zero-order chi connectivity index (χ0) is 17.0. The Morgan fingerprint density at radius 2 is 2.12 bits per heavy atom. The summed E-state index contributed by atoms with van der Waals surface area (Å²) < 4.78 is 5.59. The van der Waals surface area contributed by atoms with E-state index in [0.29, 0.717) is 12.6 Å². The van der Waals surface area contributed by atoms with Crippen molar-refractivity contribution in [1.29, 1.82) is 0 Å². The van der Waals surface area contributed by atoms with E-state index in [2.05, 4.69) is 41.4 Å². The molecule has 3 rings (SSSR count). The first-order valence-corrected chi connectivity index (χ1v) is 9.04. The third-order valence-electron chi connectivity index (χ3n) is 5.12. The number of rotatable bonds is 5. The zero-order valence-corrected chi connectivity index (χ0v) is 14.6. The van der Waals surface area contributed by atoms with Gasteiger partial charge in [-0.25, -0.2) is 0 Å². The molecule has 5 heteroatoms. The first kappa shape index (κ1) is 17.4. The van der Waals surface area contributed by atoms with Gasteiger partial charge in [0.15, 0.2) is 0 Å². The van der Waals surface area contributed by atoms with Crippen molar-refractivity contribution >= 4 is 5.91 Å². The fourth-order valence-corrected chi connectivity index (χ4v) is 3.72. The first-order chi connectivity index (χ1) is 11.5. The molecule has 1 heterocycles. The van der Waals surface area contributed by atoms with Crippen molar-refractivity contribution in [3.05, 3.63) is 35.4 Å². The maximum absolute atomic E-state index is 12.3. The molecule has 1 aromatic carbocycles. The maximum Gasteiger partial charge on any atom is 0.240 e. The highest BCUT2D eigenvalue weighted by Gasteiger charge is 2.36. The van der Waals surface area contributed by atoms with Crippen LogP contribution in [0.5, 0.6) is 0 Å². The summed E-state index contributed by atoms with van der Waals surface area (Å²) in [5.74, 6) is -0.00703. The highest BCUT2D eigenvalue weighted by Crippen LogP contribution is 2.27. The van der Waals surface area contributed by atoms with E-state index >= 15 is 0 Å². The van der Waals surface area contributed by atoms with Gasteiger partial charge in [-0.05, 0) is 30.9 Å². The van der Waals surface area contributed by atoms with Crippen molar-refractivity contribution in [3.63, 3.8) is 0 Å². The summed E-state index contributed by atoms with van der Waals surface area (Å²) in [5, 5.41) is 3.02. The summed E-state index contributed by atoms with van der Waals surface area (Å²) >= 11 is 0. The second-order valence-electron chi connectivity index (χ2n) is 7.28. The Labute approximate surface area is 144 Å². The summed E-state index contributed by atoms with van der Waals surface area (Å²) in [5.41, 5.74) is 7.96. The van der Waals surface area contributed by atoms with E-state index in [-0.39, 0.29) is 5.91 Å². The summed E-state index contributed by atoms with van der Waals surface area (Å²) in [6, 6.07) is 8.45. The number of amides is 1. The number of hydrogen-bond acceptors (Lipinski definition) is 4. The van der Waals surface area contributed by atoms with Crippen molar-refractivity contribution in [1.82, 2.24) is 10.2 Å². The third kappa shape index (κ3) is 4.35. The Kier molecular flexibility index (Phi) is 5.54. The SMILES string of the molecule is CC1CN(Cc2cccc(CNC(=O)C3(N)CCCC3)c2)CCO1. The molecule has 0 spiro atoms. The summed E-state index contributed by atoms with van der Waals surface area (Å²) in [7, 11) is 0. The Morgan fingerprint density at radius 3 is 2.88 bits per heavy atom. The lowest BCUT2D eigenvalue weighted by atomic mass is 9.98. The van der Waals surface area contributed by atoms with Gasteiger partial charge in [0.25, 0.3) is 0 Å². The molecule has 2 aliphatic rings. The first-order valence-electron chi connectivity index (χ1n) is 9.04. The van der Waals surface area contributed by atoms with Crippen LogP contribution >= 0.6 is 0 Å². The standard InChI is InChI=1S/C19H29N3O2/c1-15-13-22(9-10-24-15)14-17-6-4-5-16(11-17)12-21-18(23)19(20)7-2-3-8-19/h4-6,11,15H,2-3,7-10,12-14,20H2,1H3,(H,21,23). The highest BCUT2D eigenvalue weighted by molar-refractivity contribution is 5.86. The predicted molar refractivity (Wildman–Crippen MR) is 94.4 cm³/mol. The lowest BCUT2D eigenvalue weighted by Crippen LogP contribution is -2.51. The van der Waals surface area contributed by atoms with Gasteiger partial charge in [-0.3, -0.25) is 9.69 Å². The zero-order valence-electron chi connectivity index (χ0n) is 14.6. The third-order valence-corrected chi connectivity index (χ3v) is 5.12. The van der Waals surface area contributed by atoms with Gasteiger partial charge in [-0.1, -0.05) is 37.1 Å². The predicted octanol–water partition coefficient (Wildman–Crippen LogP) is 1.79. The molecule has 0 bridgehead atoms. The molecule has 24 heavy (non-hydrogen) atoms. The quantitative estimate of drug-likeness (QED) is 0.863. The van der Waals surface area contributed by atoms with Gasteiger partial charge < -0.3 is 15.8 Å². The second kappa shape index (κ2) is 7.64. The van der Waals surface area contributed by atoms with Crippen molar-refractivity contribution in [3.8, 4) is 0 Å². The molecule has 1 saturated carbocycles. The lowest BCUT2D eigenvalue weighted by molar-refractivity contribution is -0.126. The number of morpholine rings is 1.